The van der Waals surface area contributed by atoms with Gasteiger partial charge in [-0.1, -0.05) is 0 Å². The molecule has 0 aliphatic carbocycles. The number of halogens is 2. The summed E-state index contributed by atoms with van der Waals surface area (Å²) in [5, 5.41) is 3.27. The summed E-state index contributed by atoms with van der Waals surface area (Å²) in [6.45, 7) is 3.57. The molecule has 2 aliphatic heterocycles. The van der Waals surface area contributed by atoms with Gasteiger partial charge in [-0.25, -0.2) is 0 Å². The molecule has 2 atom stereocenters. The number of nitrogens with one attached hydrogen (secondary N) is 1. The van der Waals surface area contributed by atoms with Gasteiger partial charge in [0.25, 0.3) is 0 Å². The Kier molecular flexibility index (Phi) is 4.02. The fourth-order valence-electron chi connectivity index (χ4n) is 2.62. The van der Waals surface area contributed by atoms with Gasteiger partial charge >= 0.3 is 0 Å². The van der Waals surface area contributed by atoms with Gasteiger partial charge in [0.05, 0.1) is 12.7 Å². The fourth-order valence-corrected chi connectivity index (χ4v) is 2.98. The summed E-state index contributed by atoms with van der Waals surface area (Å²) >= 11 is 11.4. The van der Waals surface area contributed by atoms with Crippen molar-refractivity contribution in [3.63, 3.8) is 0 Å². The van der Waals surface area contributed by atoms with Crippen molar-refractivity contribution in [1.29, 1.82) is 0 Å². The third-order valence-corrected chi connectivity index (χ3v) is 3.87. The van der Waals surface area contributed by atoms with Gasteiger partial charge in [0.2, 0.25) is 16.5 Å². The largest absolute Gasteiger partial charge is 0.373 e. The number of nitrogens with zero attached hydrogens (tertiary/aromatic N) is 4. The summed E-state index contributed by atoms with van der Waals surface area (Å²) in [5.41, 5.74) is 0. The van der Waals surface area contributed by atoms with E-state index in [0.29, 0.717) is 18.5 Å². The first-order valence-corrected chi connectivity index (χ1v) is 7.13. The summed E-state index contributed by atoms with van der Waals surface area (Å²) in [7, 11) is 0. The Morgan fingerprint density at radius 2 is 2.05 bits per heavy atom. The van der Waals surface area contributed by atoms with E-state index in [2.05, 4.69) is 25.2 Å². The van der Waals surface area contributed by atoms with Gasteiger partial charge in [-0.15, -0.1) is 0 Å². The molecule has 6 nitrogen and oxygen atoms in total. The second kappa shape index (κ2) is 5.75. The summed E-state index contributed by atoms with van der Waals surface area (Å²) in [4.78, 5) is 14.1. The Hall–Kier alpha value is -0.690. The van der Waals surface area contributed by atoms with Crippen LogP contribution in [0.25, 0.3) is 0 Å². The van der Waals surface area contributed by atoms with Crippen LogP contribution in [-0.2, 0) is 4.74 Å². The van der Waals surface area contributed by atoms with Crippen molar-refractivity contribution in [3.05, 3.63) is 10.6 Å². The first kappa shape index (κ1) is 13.3. The van der Waals surface area contributed by atoms with E-state index in [1.807, 2.05) is 0 Å². The average Bonchev–Trinajstić information content (AvgIpc) is 2.82. The van der Waals surface area contributed by atoms with Gasteiger partial charge in [-0.3, -0.25) is 4.90 Å². The summed E-state index contributed by atoms with van der Waals surface area (Å²) in [6, 6.07) is 0.609. The van der Waals surface area contributed by atoms with Crippen molar-refractivity contribution in [3.8, 4) is 0 Å². The van der Waals surface area contributed by atoms with Gasteiger partial charge in [-0.05, 0) is 42.6 Å². The molecule has 1 N–H and O–H groups in total. The van der Waals surface area contributed by atoms with E-state index in [1.54, 1.807) is 0 Å². The predicted molar refractivity (Wildman–Crippen MR) is 72.7 cm³/mol. The van der Waals surface area contributed by atoms with Crippen molar-refractivity contribution in [2.75, 3.05) is 31.6 Å². The van der Waals surface area contributed by atoms with Crippen LogP contribution >= 0.6 is 23.2 Å². The second-order valence-corrected chi connectivity index (χ2v) is 5.50. The molecule has 1 aromatic heterocycles. The maximum absolute atomic E-state index is 5.83. The van der Waals surface area contributed by atoms with E-state index in [9.17, 15) is 0 Å². The fraction of sp³-hybridized carbons (Fsp3) is 0.727. The first-order valence-electron chi connectivity index (χ1n) is 6.37. The van der Waals surface area contributed by atoms with Gasteiger partial charge in [0, 0.05) is 19.1 Å². The van der Waals surface area contributed by atoms with Crippen molar-refractivity contribution in [1.82, 2.24) is 19.9 Å². The zero-order valence-corrected chi connectivity index (χ0v) is 11.9. The second-order valence-electron chi connectivity index (χ2n) is 4.82. The van der Waals surface area contributed by atoms with E-state index in [-0.39, 0.29) is 16.7 Å². The molecule has 0 aromatic carbocycles. The van der Waals surface area contributed by atoms with Crippen LogP contribution in [-0.4, -0.2) is 58.2 Å². The lowest BCUT2D eigenvalue weighted by Gasteiger charge is -2.35. The number of aromatic nitrogens is 3. The first-order chi connectivity index (χ1) is 9.20. The van der Waals surface area contributed by atoms with Crippen molar-refractivity contribution < 1.29 is 4.74 Å². The highest BCUT2D eigenvalue weighted by Crippen LogP contribution is 2.22. The normalized spacial score (nSPS) is 27.3. The Bertz CT molecular complexity index is 440. The van der Waals surface area contributed by atoms with Crippen molar-refractivity contribution in [2.24, 2.45) is 0 Å². The van der Waals surface area contributed by atoms with Crippen LogP contribution in [0.5, 0.6) is 0 Å². The highest BCUT2D eigenvalue weighted by molar-refractivity contribution is 6.31. The Morgan fingerprint density at radius 3 is 2.84 bits per heavy atom. The molecular weight excluding hydrogens is 289 g/mol. The van der Waals surface area contributed by atoms with Crippen LogP contribution < -0.4 is 5.32 Å². The smallest absolute Gasteiger partial charge is 0.228 e. The molecule has 2 aliphatic rings. The number of anilines is 1. The van der Waals surface area contributed by atoms with Crippen LogP contribution in [0.1, 0.15) is 12.8 Å². The van der Waals surface area contributed by atoms with Crippen molar-refractivity contribution >= 4 is 29.2 Å². The van der Waals surface area contributed by atoms with Crippen molar-refractivity contribution in [2.45, 2.75) is 25.0 Å². The number of fused-ring (bicyclic) bond motifs is 1. The van der Waals surface area contributed by atoms with Crippen LogP contribution in [0, 0.1) is 0 Å². The number of hydrogen-bond acceptors (Lipinski definition) is 6. The van der Waals surface area contributed by atoms with E-state index < -0.39 is 0 Å². The highest BCUT2D eigenvalue weighted by Gasteiger charge is 2.32. The maximum Gasteiger partial charge on any atom is 0.228 e. The van der Waals surface area contributed by atoms with Crippen LogP contribution in [0.2, 0.25) is 10.6 Å². The number of hydrogen-bond donors (Lipinski definition) is 1. The van der Waals surface area contributed by atoms with Crippen LogP contribution in [0.15, 0.2) is 0 Å². The van der Waals surface area contributed by atoms with E-state index in [1.165, 1.54) is 19.4 Å². The van der Waals surface area contributed by atoms with Crippen LogP contribution in [0.4, 0.5) is 5.95 Å². The molecule has 0 spiro atoms. The molecule has 8 heteroatoms. The number of rotatable bonds is 3. The molecule has 0 radical (unpaired) electrons. The third kappa shape index (κ3) is 3.25. The lowest BCUT2D eigenvalue weighted by molar-refractivity contribution is -0.0416. The molecule has 2 unspecified atom stereocenters. The Balaban J connectivity index is 1.54. The monoisotopic (exact) mass is 303 g/mol. The zero-order valence-electron chi connectivity index (χ0n) is 10.4. The molecule has 0 amide bonds. The standard InChI is InChI=1S/C11H15Cl2N5O/c12-9-15-10(13)17-11(16-9)14-4-8-5-18-3-1-2-7(18)6-19-8/h7-8H,1-6H2,(H,14,15,16,17). The number of morpholine rings is 1. The molecule has 3 rings (SSSR count). The minimum Gasteiger partial charge on any atom is -0.373 e. The molecule has 2 fully saturated rings. The number of ether oxygens (including phenoxy) is 1. The molecule has 19 heavy (non-hydrogen) atoms. The Morgan fingerprint density at radius 1 is 1.26 bits per heavy atom. The van der Waals surface area contributed by atoms with E-state index in [0.717, 1.165) is 13.2 Å². The topological polar surface area (TPSA) is 63.2 Å². The summed E-state index contributed by atoms with van der Waals surface area (Å²) in [6.07, 6.45) is 2.66. The molecule has 0 bridgehead atoms. The highest BCUT2D eigenvalue weighted by atomic mass is 35.5. The summed E-state index contributed by atoms with van der Waals surface area (Å²) in [5.74, 6) is 0.386. The molecule has 104 valence electrons. The summed E-state index contributed by atoms with van der Waals surface area (Å²) < 4.78 is 5.83. The quantitative estimate of drug-likeness (QED) is 0.912. The SMILES string of the molecule is Clc1nc(Cl)nc(NCC2CN3CCCC3CO2)n1. The molecule has 0 saturated carbocycles. The van der Waals surface area contributed by atoms with Gasteiger partial charge in [-0.2, -0.15) is 15.0 Å². The predicted octanol–water partition coefficient (Wildman–Crippen LogP) is 1.45. The molecule has 1 aromatic rings. The van der Waals surface area contributed by atoms with Gasteiger partial charge in [0.15, 0.2) is 0 Å². The lowest BCUT2D eigenvalue weighted by atomic mass is 10.2. The third-order valence-electron chi connectivity index (χ3n) is 3.53. The minimum atomic E-state index is 0.0895. The Labute approximate surface area is 121 Å². The van der Waals surface area contributed by atoms with E-state index >= 15 is 0 Å². The maximum atomic E-state index is 5.83. The average molecular weight is 304 g/mol. The van der Waals surface area contributed by atoms with Gasteiger partial charge in [0.1, 0.15) is 0 Å². The lowest BCUT2D eigenvalue weighted by Crippen LogP contribution is -2.48. The van der Waals surface area contributed by atoms with E-state index in [4.69, 9.17) is 27.9 Å². The zero-order chi connectivity index (χ0) is 13.2. The molecule has 2 saturated heterocycles. The molecular formula is C11H15Cl2N5O. The van der Waals surface area contributed by atoms with Crippen LogP contribution in [0.3, 0.4) is 0 Å². The van der Waals surface area contributed by atoms with Gasteiger partial charge < -0.3 is 10.1 Å². The minimum absolute atomic E-state index is 0.0895. The molecule has 3 heterocycles.